The molecule has 9 heavy (non-hydrogen) atoms. The van der Waals surface area contributed by atoms with Crippen LogP contribution in [0.25, 0.3) is 0 Å². The van der Waals surface area contributed by atoms with E-state index < -0.39 is 6.09 Å². The van der Waals surface area contributed by atoms with Crippen LogP contribution in [0.4, 0.5) is 4.79 Å². The zero-order valence-corrected chi connectivity index (χ0v) is 5.04. The summed E-state index contributed by atoms with van der Waals surface area (Å²) in [6.45, 7) is 0. The summed E-state index contributed by atoms with van der Waals surface area (Å²) >= 11 is 0. The van der Waals surface area contributed by atoms with Crippen molar-refractivity contribution in [3.8, 4) is 0 Å². The maximum absolute atomic E-state index is 10.1. The summed E-state index contributed by atoms with van der Waals surface area (Å²) in [7, 11) is 0. The molecule has 1 saturated carbocycles. The molecule has 4 nitrogen and oxygen atoms in total. The van der Waals surface area contributed by atoms with Crippen LogP contribution >= 0.6 is 0 Å². The second-order valence-corrected chi connectivity index (χ2v) is 2.29. The lowest BCUT2D eigenvalue weighted by molar-refractivity contribution is 0.0473. The first kappa shape index (κ1) is 6.35. The minimum Gasteiger partial charge on any atom is -0.446 e. The Labute approximate surface area is 53.1 Å². The minimum atomic E-state index is -0.702. The molecular formula is C5H10N2O2. The fourth-order valence-electron chi connectivity index (χ4n) is 0.867. The van der Waals surface area contributed by atoms with Gasteiger partial charge in [0.25, 0.3) is 0 Å². The van der Waals surface area contributed by atoms with Crippen molar-refractivity contribution in [3.05, 3.63) is 0 Å². The number of ether oxygens (including phenoxy) is 1. The van der Waals surface area contributed by atoms with E-state index >= 15 is 0 Å². The maximum Gasteiger partial charge on any atom is 0.404 e. The van der Waals surface area contributed by atoms with Crippen molar-refractivity contribution in [2.45, 2.75) is 25.0 Å². The van der Waals surface area contributed by atoms with Crippen LogP contribution in [0.5, 0.6) is 0 Å². The number of rotatable bonds is 1. The lowest BCUT2D eigenvalue weighted by atomic mass is 9.90. The van der Waals surface area contributed by atoms with Gasteiger partial charge in [0.2, 0.25) is 0 Å². The van der Waals surface area contributed by atoms with Gasteiger partial charge in [0.05, 0.1) is 0 Å². The summed E-state index contributed by atoms with van der Waals surface area (Å²) in [4.78, 5) is 10.1. The molecule has 4 N–H and O–H groups in total. The molecule has 0 atom stereocenters. The lowest BCUT2D eigenvalue weighted by Gasteiger charge is -2.30. The van der Waals surface area contributed by atoms with Crippen molar-refractivity contribution >= 4 is 6.09 Å². The molecule has 0 aromatic carbocycles. The topological polar surface area (TPSA) is 78.3 Å². The van der Waals surface area contributed by atoms with Crippen molar-refractivity contribution < 1.29 is 9.53 Å². The number of amides is 1. The Bertz CT molecular complexity index is 120. The fraction of sp³-hybridized carbons (Fsp3) is 0.800. The van der Waals surface area contributed by atoms with Gasteiger partial charge in [-0.15, -0.1) is 0 Å². The predicted octanol–water partition coefficient (Wildman–Crippen LogP) is -0.429. The largest absolute Gasteiger partial charge is 0.446 e. The second-order valence-electron chi connectivity index (χ2n) is 2.29. The number of carbonyl (C=O) groups is 1. The minimum absolute atomic E-state index is 0.0162. The van der Waals surface area contributed by atoms with Crippen molar-refractivity contribution in [2.24, 2.45) is 11.5 Å². The van der Waals surface area contributed by atoms with Gasteiger partial charge < -0.3 is 16.2 Å². The van der Waals surface area contributed by atoms with Crippen LogP contribution in [0.2, 0.25) is 0 Å². The summed E-state index contributed by atoms with van der Waals surface area (Å²) in [5, 5.41) is 0. The average molecular weight is 130 g/mol. The highest BCUT2D eigenvalue weighted by Crippen LogP contribution is 2.20. The van der Waals surface area contributed by atoms with Gasteiger partial charge in [0.15, 0.2) is 0 Å². The molecule has 0 unspecified atom stereocenters. The van der Waals surface area contributed by atoms with Gasteiger partial charge in [-0.3, -0.25) is 0 Å². The summed E-state index contributed by atoms with van der Waals surface area (Å²) in [5.41, 5.74) is 10.2. The highest BCUT2D eigenvalue weighted by atomic mass is 16.6. The molecule has 0 saturated heterocycles. The van der Waals surface area contributed by atoms with E-state index in [1.165, 1.54) is 0 Å². The van der Waals surface area contributed by atoms with Crippen molar-refractivity contribution in [2.75, 3.05) is 0 Å². The third-order valence-corrected chi connectivity index (χ3v) is 1.41. The first-order chi connectivity index (χ1) is 4.18. The Kier molecular flexibility index (Phi) is 1.57. The third kappa shape index (κ3) is 1.57. The van der Waals surface area contributed by atoms with E-state index in [-0.39, 0.29) is 12.1 Å². The zero-order chi connectivity index (χ0) is 6.85. The molecule has 1 fully saturated rings. The van der Waals surface area contributed by atoms with Gasteiger partial charge in [0, 0.05) is 6.04 Å². The van der Waals surface area contributed by atoms with E-state index in [9.17, 15) is 4.79 Å². The Morgan fingerprint density at radius 2 is 2.11 bits per heavy atom. The Balaban J connectivity index is 2.11. The monoisotopic (exact) mass is 130 g/mol. The van der Waals surface area contributed by atoms with E-state index in [2.05, 4.69) is 4.74 Å². The van der Waals surface area contributed by atoms with Crippen molar-refractivity contribution in [1.82, 2.24) is 0 Å². The lowest BCUT2D eigenvalue weighted by Crippen LogP contribution is -2.43. The molecule has 0 aromatic heterocycles. The highest BCUT2D eigenvalue weighted by Gasteiger charge is 2.28. The van der Waals surface area contributed by atoms with Crippen LogP contribution in [0.1, 0.15) is 12.8 Å². The third-order valence-electron chi connectivity index (χ3n) is 1.41. The Morgan fingerprint density at radius 3 is 2.44 bits per heavy atom. The van der Waals surface area contributed by atoms with Crippen LogP contribution in [0, 0.1) is 0 Å². The number of hydrogen-bond donors (Lipinski definition) is 2. The van der Waals surface area contributed by atoms with Gasteiger partial charge in [0.1, 0.15) is 6.10 Å². The molecule has 1 rings (SSSR count). The molecule has 52 valence electrons. The SMILES string of the molecule is NC(=O)OC1CC(N)C1. The van der Waals surface area contributed by atoms with E-state index in [4.69, 9.17) is 11.5 Å². The van der Waals surface area contributed by atoms with Gasteiger partial charge in [-0.25, -0.2) is 4.79 Å². The first-order valence-corrected chi connectivity index (χ1v) is 2.90. The zero-order valence-electron chi connectivity index (χ0n) is 5.04. The molecule has 1 aliphatic carbocycles. The molecule has 0 bridgehead atoms. The fourth-order valence-corrected chi connectivity index (χ4v) is 0.867. The summed E-state index contributed by atoms with van der Waals surface area (Å²) in [6.07, 6.45) is 0.788. The number of hydrogen-bond acceptors (Lipinski definition) is 3. The molecule has 0 spiro atoms. The summed E-state index contributed by atoms with van der Waals surface area (Å²) in [6, 6.07) is 0.203. The van der Waals surface area contributed by atoms with Crippen LogP contribution in [0.3, 0.4) is 0 Å². The number of carbonyl (C=O) groups excluding carboxylic acids is 1. The number of primary amides is 1. The predicted molar refractivity (Wildman–Crippen MR) is 31.7 cm³/mol. The van der Waals surface area contributed by atoms with E-state index in [0.29, 0.717) is 0 Å². The molecule has 1 amide bonds. The van der Waals surface area contributed by atoms with Crippen molar-refractivity contribution in [3.63, 3.8) is 0 Å². The maximum atomic E-state index is 10.1. The normalized spacial score (nSPS) is 33.0. The summed E-state index contributed by atoms with van der Waals surface area (Å²) < 4.78 is 4.62. The van der Waals surface area contributed by atoms with E-state index in [0.717, 1.165) is 12.8 Å². The van der Waals surface area contributed by atoms with E-state index in [1.54, 1.807) is 0 Å². The van der Waals surface area contributed by atoms with Crippen LogP contribution in [-0.4, -0.2) is 18.2 Å². The molecule has 0 aromatic rings. The van der Waals surface area contributed by atoms with Gasteiger partial charge in [-0.2, -0.15) is 0 Å². The quantitative estimate of drug-likeness (QED) is 0.505. The van der Waals surface area contributed by atoms with Crippen LogP contribution in [0.15, 0.2) is 0 Å². The Morgan fingerprint density at radius 1 is 1.56 bits per heavy atom. The van der Waals surface area contributed by atoms with Gasteiger partial charge in [-0.05, 0) is 12.8 Å². The molecule has 0 heterocycles. The van der Waals surface area contributed by atoms with Gasteiger partial charge >= 0.3 is 6.09 Å². The standard InChI is InChI=1S/C5H10N2O2/c6-3-1-4(2-3)9-5(7)8/h3-4H,1-2,6H2,(H2,7,8). The molecule has 1 aliphatic rings. The average Bonchev–Trinajstić information content (AvgIpc) is 1.60. The van der Waals surface area contributed by atoms with Crippen LogP contribution in [-0.2, 0) is 4.74 Å². The van der Waals surface area contributed by atoms with E-state index in [1.807, 2.05) is 0 Å². The van der Waals surface area contributed by atoms with Gasteiger partial charge in [-0.1, -0.05) is 0 Å². The molecule has 0 aliphatic heterocycles. The molecule has 4 heteroatoms. The highest BCUT2D eigenvalue weighted by molar-refractivity contribution is 5.64. The van der Waals surface area contributed by atoms with Crippen LogP contribution < -0.4 is 11.5 Å². The summed E-state index contributed by atoms with van der Waals surface area (Å²) in [5.74, 6) is 0. The molecule has 0 radical (unpaired) electrons. The second kappa shape index (κ2) is 2.23. The number of nitrogens with two attached hydrogens (primary N) is 2. The smallest absolute Gasteiger partial charge is 0.404 e. The Hall–Kier alpha value is -0.770. The molecular weight excluding hydrogens is 120 g/mol. The first-order valence-electron chi connectivity index (χ1n) is 2.90. The van der Waals surface area contributed by atoms with Crippen molar-refractivity contribution in [1.29, 1.82) is 0 Å².